The van der Waals surface area contributed by atoms with Crippen LogP contribution in [0.4, 0.5) is 0 Å². The molecule has 0 spiro atoms. The zero-order valence-corrected chi connectivity index (χ0v) is 9.17. The van der Waals surface area contributed by atoms with Crippen molar-refractivity contribution in [1.82, 2.24) is 0 Å². The van der Waals surface area contributed by atoms with E-state index in [1.807, 2.05) is 0 Å². The fourth-order valence-electron chi connectivity index (χ4n) is 1.01. The summed E-state index contributed by atoms with van der Waals surface area (Å²) in [5, 5.41) is 0.673. The van der Waals surface area contributed by atoms with Gasteiger partial charge in [-0.1, -0.05) is 24.9 Å². The van der Waals surface area contributed by atoms with E-state index in [4.69, 9.17) is 11.6 Å². The Balaban J connectivity index is 2.88. The van der Waals surface area contributed by atoms with Crippen LogP contribution in [0.2, 0.25) is 5.02 Å². The van der Waals surface area contributed by atoms with E-state index in [2.05, 4.69) is 11.7 Å². The molecule has 0 bridgehead atoms. The first kappa shape index (κ1) is 10.5. The normalized spacial score (nSPS) is 10.1. The summed E-state index contributed by atoms with van der Waals surface area (Å²) in [7, 11) is 1.37. The molecule has 1 aromatic heterocycles. The summed E-state index contributed by atoms with van der Waals surface area (Å²) in [4.78, 5) is 12.8. The number of aryl methyl sites for hydroxylation is 1. The number of methoxy groups -OCH3 is 1. The van der Waals surface area contributed by atoms with Crippen molar-refractivity contribution in [3.63, 3.8) is 0 Å². The molecule has 0 aliphatic rings. The standard InChI is InChI=1S/C9H11ClO2S/c1-3-4-7-6(10)5-8(13-7)9(11)12-2/h5H,3-4H2,1-2H3. The van der Waals surface area contributed by atoms with Gasteiger partial charge in [-0.2, -0.15) is 0 Å². The molecule has 72 valence electrons. The third kappa shape index (κ3) is 2.45. The van der Waals surface area contributed by atoms with Gasteiger partial charge >= 0.3 is 5.97 Å². The number of esters is 1. The molecule has 1 heterocycles. The molecule has 2 nitrogen and oxygen atoms in total. The molecule has 0 N–H and O–H groups in total. The minimum atomic E-state index is -0.311. The molecule has 4 heteroatoms. The second kappa shape index (κ2) is 4.63. The summed E-state index contributed by atoms with van der Waals surface area (Å²) in [6.45, 7) is 2.08. The number of carbonyl (C=O) groups is 1. The summed E-state index contributed by atoms with van der Waals surface area (Å²) in [5.41, 5.74) is 0. The zero-order chi connectivity index (χ0) is 9.84. The van der Waals surface area contributed by atoms with Gasteiger partial charge in [-0.15, -0.1) is 11.3 Å². The van der Waals surface area contributed by atoms with E-state index < -0.39 is 0 Å². The van der Waals surface area contributed by atoms with Crippen LogP contribution in [0.5, 0.6) is 0 Å². The van der Waals surface area contributed by atoms with Gasteiger partial charge in [0, 0.05) is 4.88 Å². The second-order valence-corrected chi connectivity index (χ2v) is 4.17. The lowest BCUT2D eigenvalue weighted by Gasteiger charge is -1.92. The van der Waals surface area contributed by atoms with Crippen molar-refractivity contribution >= 4 is 28.9 Å². The van der Waals surface area contributed by atoms with E-state index in [-0.39, 0.29) is 5.97 Å². The van der Waals surface area contributed by atoms with Crippen molar-refractivity contribution in [3.05, 3.63) is 20.8 Å². The highest BCUT2D eigenvalue weighted by Gasteiger charge is 2.12. The predicted octanol–water partition coefficient (Wildman–Crippen LogP) is 3.14. The zero-order valence-electron chi connectivity index (χ0n) is 7.59. The lowest BCUT2D eigenvalue weighted by Crippen LogP contribution is -1.96. The highest BCUT2D eigenvalue weighted by molar-refractivity contribution is 7.14. The monoisotopic (exact) mass is 218 g/mol. The minimum absolute atomic E-state index is 0.311. The van der Waals surface area contributed by atoms with Gasteiger partial charge in [0.1, 0.15) is 4.88 Å². The largest absolute Gasteiger partial charge is 0.465 e. The van der Waals surface area contributed by atoms with Crippen LogP contribution in [0.15, 0.2) is 6.07 Å². The van der Waals surface area contributed by atoms with Gasteiger partial charge in [-0.05, 0) is 12.5 Å². The maximum absolute atomic E-state index is 11.1. The summed E-state index contributed by atoms with van der Waals surface area (Å²) in [6, 6.07) is 1.67. The number of carbonyl (C=O) groups excluding carboxylic acids is 1. The van der Waals surface area contributed by atoms with Crippen LogP contribution >= 0.6 is 22.9 Å². The first-order valence-electron chi connectivity index (χ1n) is 4.05. The summed E-state index contributed by atoms with van der Waals surface area (Å²) in [5.74, 6) is -0.311. The van der Waals surface area contributed by atoms with Crippen LogP contribution in [0.1, 0.15) is 27.9 Å². The van der Waals surface area contributed by atoms with Gasteiger partial charge in [-0.3, -0.25) is 0 Å². The molecule has 0 amide bonds. The van der Waals surface area contributed by atoms with Gasteiger partial charge < -0.3 is 4.74 Å². The van der Waals surface area contributed by atoms with Crippen molar-refractivity contribution in [2.24, 2.45) is 0 Å². The Morgan fingerprint density at radius 3 is 2.92 bits per heavy atom. The van der Waals surface area contributed by atoms with Crippen molar-refractivity contribution in [2.45, 2.75) is 19.8 Å². The lowest BCUT2D eigenvalue weighted by atomic mass is 10.3. The third-order valence-electron chi connectivity index (χ3n) is 1.62. The number of halogens is 1. The fourth-order valence-corrected chi connectivity index (χ4v) is 2.46. The lowest BCUT2D eigenvalue weighted by molar-refractivity contribution is 0.0606. The average molecular weight is 219 g/mol. The van der Waals surface area contributed by atoms with Gasteiger partial charge in [0.25, 0.3) is 0 Å². The topological polar surface area (TPSA) is 26.3 Å². The van der Waals surface area contributed by atoms with Crippen LogP contribution < -0.4 is 0 Å². The highest BCUT2D eigenvalue weighted by atomic mass is 35.5. The van der Waals surface area contributed by atoms with Gasteiger partial charge in [0.05, 0.1) is 12.1 Å². The Morgan fingerprint density at radius 1 is 1.69 bits per heavy atom. The van der Waals surface area contributed by atoms with E-state index in [9.17, 15) is 4.79 Å². The van der Waals surface area contributed by atoms with Crippen molar-refractivity contribution < 1.29 is 9.53 Å². The molecule has 13 heavy (non-hydrogen) atoms. The third-order valence-corrected chi connectivity index (χ3v) is 3.25. The number of rotatable bonds is 3. The Bertz CT molecular complexity index is 307. The fraction of sp³-hybridized carbons (Fsp3) is 0.444. The van der Waals surface area contributed by atoms with Crippen molar-refractivity contribution in [2.75, 3.05) is 7.11 Å². The number of ether oxygens (including phenoxy) is 1. The molecule has 1 rings (SSSR count). The Labute approximate surface area is 86.5 Å². The van der Waals surface area contributed by atoms with Crippen LogP contribution in [-0.2, 0) is 11.2 Å². The molecule has 0 aromatic carbocycles. The van der Waals surface area contributed by atoms with E-state index in [0.717, 1.165) is 17.7 Å². The smallest absolute Gasteiger partial charge is 0.348 e. The Kier molecular flexibility index (Phi) is 3.75. The number of thiophene rings is 1. The molecule has 0 unspecified atom stereocenters. The van der Waals surface area contributed by atoms with Crippen LogP contribution in [-0.4, -0.2) is 13.1 Å². The van der Waals surface area contributed by atoms with E-state index in [1.165, 1.54) is 18.4 Å². The minimum Gasteiger partial charge on any atom is -0.465 e. The first-order chi connectivity index (χ1) is 6.19. The molecule has 0 atom stereocenters. The van der Waals surface area contributed by atoms with Crippen molar-refractivity contribution in [3.8, 4) is 0 Å². The quantitative estimate of drug-likeness (QED) is 0.729. The summed E-state index contributed by atoms with van der Waals surface area (Å²) in [6.07, 6.45) is 1.95. The second-order valence-electron chi connectivity index (χ2n) is 2.62. The molecule has 0 fully saturated rings. The first-order valence-corrected chi connectivity index (χ1v) is 5.25. The van der Waals surface area contributed by atoms with Gasteiger partial charge in [0.2, 0.25) is 0 Å². The Morgan fingerprint density at radius 2 is 2.38 bits per heavy atom. The molecule has 0 saturated heterocycles. The molecule has 0 aliphatic heterocycles. The Hall–Kier alpha value is -0.540. The molecular weight excluding hydrogens is 208 g/mol. The summed E-state index contributed by atoms with van der Waals surface area (Å²) < 4.78 is 4.60. The number of hydrogen-bond donors (Lipinski definition) is 0. The molecule has 1 aromatic rings. The average Bonchev–Trinajstić information content (AvgIpc) is 2.47. The van der Waals surface area contributed by atoms with Crippen molar-refractivity contribution in [1.29, 1.82) is 0 Å². The predicted molar refractivity (Wildman–Crippen MR) is 54.7 cm³/mol. The van der Waals surface area contributed by atoms with Crippen LogP contribution in [0.3, 0.4) is 0 Å². The van der Waals surface area contributed by atoms with Crippen LogP contribution in [0.25, 0.3) is 0 Å². The maximum Gasteiger partial charge on any atom is 0.348 e. The van der Waals surface area contributed by atoms with E-state index in [1.54, 1.807) is 6.07 Å². The molecular formula is C9H11ClO2S. The highest BCUT2D eigenvalue weighted by Crippen LogP contribution is 2.28. The molecule has 0 radical (unpaired) electrons. The van der Waals surface area contributed by atoms with Gasteiger partial charge in [0.15, 0.2) is 0 Å². The van der Waals surface area contributed by atoms with Crippen LogP contribution in [0, 0.1) is 0 Å². The van der Waals surface area contributed by atoms with E-state index >= 15 is 0 Å². The summed E-state index contributed by atoms with van der Waals surface area (Å²) >= 11 is 7.34. The number of hydrogen-bond acceptors (Lipinski definition) is 3. The molecule has 0 saturated carbocycles. The van der Waals surface area contributed by atoms with E-state index in [0.29, 0.717) is 9.90 Å². The molecule has 0 aliphatic carbocycles. The van der Waals surface area contributed by atoms with Gasteiger partial charge in [-0.25, -0.2) is 4.79 Å². The SMILES string of the molecule is CCCc1sc(C(=O)OC)cc1Cl. The maximum atomic E-state index is 11.1.